The molecule has 0 aliphatic carbocycles. The molecule has 4 heteroatoms. The fourth-order valence-corrected chi connectivity index (χ4v) is 2.29. The molecule has 0 saturated carbocycles. The monoisotopic (exact) mass is 298 g/mol. The van der Waals surface area contributed by atoms with E-state index >= 15 is 0 Å². The Morgan fingerprint density at radius 3 is 2.76 bits per heavy atom. The molecule has 0 atom stereocenters. The van der Waals surface area contributed by atoms with E-state index in [1.54, 1.807) is 36.2 Å². The molecule has 0 bridgehead atoms. The zero-order valence-corrected chi connectivity index (χ0v) is 12.7. The average molecular weight is 299 g/mol. The molecule has 0 aliphatic heterocycles. The molecule has 2 aromatic rings. The van der Waals surface area contributed by atoms with Crippen molar-refractivity contribution in [3.8, 4) is 6.07 Å². The summed E-state index contributed by atoms with van der Waals surface area (Å²) in [6, 6.07) is 14.6. The molecule has 0 unspecified atom stereocenters. The molecular formula is C17H15ClN2O. The first-order valence-electron chi connectivity index (χ1n) is 6.52. The third-order valence-electron chi connectivity index (χ3n) is 3.25. The van der Waals surface area contributed by atoms with Crippen LogP contribution in [0.2, 0.25) is 5.02 Å². The number of hydrogen-bond donors (Lipinski definition) is 0. The molecule has 106 valence electrons. The van der Waals surface area contributed by atoms with Crippen LogP contribution < -0.4 is 0 Å². The van der Waals surface area contributed by atoms with Gasteiger partial charge in [-0.15, -0.1) is 0 Å². The van der Waals surface area contributed by atoms with Crippen molar-refractivity contribution in [3.63, 3.8) is 0 Å². The highest BCUT2D eigenvalue weighted by molar-refractivity contribution is 6.31. The SMILES string of the molecule is Cc1ccc(Cl)cc1C(=O)N(C)Cc1cccc(C#N)c1. The van der Waals surface area contributed by atoms with E-state index in [1.165, 1.54) is 0 Å². The van der Waals surface area contributed by atoms with Crippen LogP contribution >= 0.6 is 11.6 Å². The van der Waals surface area contributed by atoms with Gasteiger partial charge < -0.3 is 4.90 Å². The number of carbonyl (C=O) groups is 1. The predicted octanol–water partition coefficient (Wildman–Crippen LogP) is 3.79. The Morgan fingerprint density at radius 2 is 2.05 bits per heavy atom. The van der Waals surface area contributed by atoms with Crippen LogP contribution in [-0.4, -0.2) is 17.9 Å². The van der Waals surface area contributed by atoms with E-state index in [1.807, 2.05) is 25.1 Å². The van der Waals surface area contributed by atoms with Crippen LogP contribution in [0.5, 0.6) is 0 Å². The first kappa shape index (κ1) is 15.1. The number of nitriles is 1. The summed E-state index contributed by atoms with van der Waals surface area (Å²) in [5.41, 5.74) is 3.00. The minimum atomic E-state index is -0.0858. The molecule has 0 spiro atoms. The summed E-state index contributed by atoms with van der Waals surface area (Å²) in [7, 11) is 1.74. The van der Waals surface area contributed by atoms with Gasteiger partial charge in [0.2, 0.25) is 0 Å². The maximum absolute atomic E-state index is 12.5. The van der Waals surface area contributed by atoms with E-state index in [9.17, 15) is 4.79 Å². The molecule has 1 amide bonds. The lowest BCUT2D eigenvalue weighted by Gasteiger charge is -2.18. The smallest absolute Gasteiger partial charge is 0.254 e. The van der Waals surface area contributed by atoms with Gasteiger partial charge in [-0.3, -0.25) is 4.79 Å². The second-order valence-electron chi connectivity index (χ2n) is 4.93. The number of carbonyl (C=O) groups excluding carboxylic acids is 1. The first-order valence-corrected chi connectivity index (χ1v) is 6.89. The summed E-state index contributed by atoms with van der Waals surface area (Å²) in [5, 5.41) is 9.45. The topological polar surface area (TPSA) is 44.1 Å². The van der Waals surface area contributed by atoms with E-state index in [4.69, 9.17) is 16.9 Å². The molecule has 0 heterocycles. The summed E-state index contributed by atoms with van der Waals surface area (Å²) >= 11 is 5.96. The van der Waals surface area contributed by atoms with E-state index in [-0.39, 0.29) is 5.91 Å². The number of nitrogens with zero attached hydrogens (tertiary/aromatic N) is 2. The molecule has 2 aromatic carbocycles. The van der Waals surface area contributed by atoms with Crippen molar-refractivity contribution in [2.24, 2.45) is 0 Å². The summed E-state index contributed by atoms with van der Waals surface area (Å²) in [6.07, 6.45) is 0. The fourth-order valence-electron chi connectivity index (χ4n) is 2.12. The van der Waals surface area contributed by atoms with Crippen molar-refractivity contribution in [1.29, 1.82) is 5.26 Å². The third-order valence-corrected chi connectivity index (χ3v) is 3.49. The Balaban J connectivity index is 2.19. The Labute approximate surface area is 129 Å². The van der Waals surface area contributed by atoms with Crippen molar-refractivity contribution in [2.45, 2.75) is 13.5 Å². The van der Waals surface area contributed by atoms with Gasteiger partial charge in [-0.05, 0) is 42.3 Å². The summed E-state index contributed by atoms with van der Waals surface area (Å²) < 4.78 is 0. The highest BCUT2D eigenvalue weighted by Gasteiger charge is 2.15. The molecule has 0 N–H and O–H groups in total. The molecule has 0 radical (unpaired) electrons. The molecule has 2 rings (SSSR count). The molecular weight excluding hydrogens is 284 g/mol. The second-order valence-corrected chi connectivity index (χ2v) is 5.37. The number of aryl methyl sites for hydroxylation is 1. The third kappa shape index (κ3) is 3.62. The molecule has 21 heavy (non-hydrogen) atoms. The van der Waals surface area contributed by atoms with Crippen molar-refractivity contribution in [2.75, 3.05) is 7.05 Å². The Bertz CT molecular complexity index is 719. The maximum atomic E-state index is 12.5. The Hall–Kier alpha value is -2.31. The van der Waals surface area contributed by atoms with Crippen LogP contribution in [0.25, 0.3) is 0 Å². The van der Waals surface area contributed by atoms with Gasteiger partial charge in [-0.2, -0.15) is 5.26 Å². The van der Waals surface area contributed by atoms with Crippen LogP contribution in [0.4, 0.5) is 0 Å². The summed E-state index contributed by atoms with van der Waals surface area (Å²) in [5.74, 6) is -0.0858. The lowest BCUT2D eigenvalue weighted by atomic mass is 10.1. The lowest BCUT2D eigenvalue weighted by Crippen LogP contribution is -2.26. The van der Waals surface area contributed by atoms with Gasteiger partial charge in [0.05, 0.1) is 11.6 Å². The molecule has 3 nitrogen and oxygen atoms in total. The van der Waals surface area contributed by atoms with Crippen LogP contribution in [0.15, 0.2) is 42.5 Å². The fraction of sp³-hybridized carbons (Fsp3) is 0.176. The normalized spacial score (nSPS) is 10.0. The van der Waals surface area contributed by atoms with E-state index in [0.29, 0.717) is 22.7 Å². The predicted molar refractivity (Wildman–Crippen MR) is 83.1 cm³/mol. The average Bonchev–Trinajstić information content (AvgIpc) is 2.49. The minimum Gasteiger partial charge on any atom is -0.337 e. The Morgan fingerprint density at radius 1 is 1.29 bits per heavy atom. The molecule has 0 fully saturated rings. The van der Waals surface area contributed by atoms with E-state index < -0.39 is 0 Å². The van der Waals surface area contributed by atoms with Gasteiger partial charge in [0.15, 0.2) is 0 Å². The molecule has 0 aliphatic rings. The van der Waals surface area contributed by atoms with Gasteiger partial charge in [0.25, 0.3) is 5.91 Å². The van der Waals surface area contributed by atoms with Crippen molar-refractivity contribution in [3.05, 3.63) is 69.7 Å². The van der Waals surface area contributed by atoms with Crippen LogP contribution in [0.1, 0.15) is 27.0 Å². The van der Waals surface area contributed by atoms with E-state index in [2.05, 4.69) is 6.07 Å². The maximum Gasteiger partial charge on any atom is 0.254 e. The number of benzene rings is 2. The highest BCUT2D eigenvalue weighted by atomic mass is 35.5. The zero-order valence-electron chi connectivity index (χ0n) is 11.9. The number of amides is 1. The van der Waals surface area contributed by atoms with Gasteiger partial charge >= 0.3 is 0 Å². The van der Waals surface area contributed by atoms with Crippen molar-refractivity contribution in [1.82, 2.24) is 4.90 Å². The second kappa shape index (κ2) is 6.43. The number of hydrogen-bond acceptors (Lipinski definition) is 2. The number of rotatable bonds is 3. The van der Waals surface area contributed by atoms with E-state index in [0.717, 1.165) is 11.1 Å². The van der Waals surface area contributed by atoms with Gasteiger partial charge in [0.1, 0.15) is 0 Å². The first-order chi connectivity index (χ1) is 10.0. The van der Waals surface area contributed by atoms with Crippen LogP contribution in [-0.2, 0) is 6.54 Å². The lowest BCUT2D eigenvalue weighted by molar-refractivity contribution is 0.0784. The van der Waals surface area contributed by atoms with Crippen LogP contribution in [0.3, 0.4) is 0 Å². The van der Waals surface area contributed by atoms with Gasteiger partial charge in [0, 0.05) is 24.2 Å². The standard InChI is InChI=1S/C17H15ClN2O/c1-12-6-7-15(18)9-16(12)17(21)20(2)11-14-5-3-4-13(8-14)10-19/h3-9H,11H2,1-2H3. The molecule has 0 saturated heterocycles. The summed E-state index contributed by atoms with van der Waals surface area (Å²) in [4.78, 5) is 14.1. The van der Waals surface area contributed by atoms with Crippen LogP contribution in [0, 0.1) is 18.3 Å². The zero-order chi connectivity index (χ0) is 15.4. The minimum absolute atomic E-state index is 0.0858. The number of halogens is 1. The van der Waals surface area contributed by atoms with Crippen molar-refractivity contribution >= 4 is 17.5 Å². The Kier molecular flexibility index (Phi) is 4.62. The summed E-state index contributed by atoms with van der Waals surface area (Å²) in [6.45, 7) is 2.33. The highest BCUT2D eigenvalue weighted by Crippen LogP contribution is 2.18. The largest absolute Gasteiger partial charge is 0.337 e. The van der Waals surface area contributed by atoms with Gasteiger partial charge in [-0.1, -0.05) is 29.8 Å². The molecule has 0 aromatic heterocycles. The van der Waals surface area contributed by atoms with Crippen molar-refractivity contribution < 1.29 is 4.79 Å². The van der Waals surface area contributed by atoms with Gasteiger partial charge in [-0.25, -0.2) is 0 Å². The quantitative estimate of drug-likeness (QED) is 0.865.